The largest absolute Gasteiger partial charge is 0.484 e. The van der Waals surface area contributed by atoms with Crippen LogP contribution in [0.3, 0.4) is 0 Å². The Labute approximate surface area is 117 Å². The minimum atomic E-state index is -0.411. The third-order valence-corrected chi connectivity index (χ3v) is 3.65. The average Bonchev–Trinajstić information content (AvgIpc) is 2.39. The number of fused-ring (bicyclic) bond motifs is 1. The molecule has 0 saturated carbocycles. The van der Waals surface area contributed by atoms with Crippen molar-refractivity contribution >= 4 is 5.78 Å². The standard InChI is InChI=1S/C17H15FO2/c1-10-3-5-13(11(2)7-10)17-9-15(19)14-8-12(18)4-6-16(14)20-17/h3-8,17H,9H2,1-2H3. The summed E-state index contributed by atoms with van der Waals surface area (Å²) >= 11 is 0. The molecule has 20 heavy (non-hydrogen) atoms. The van der Waals surface area contributed by atoms with Crippen molar-refractivity contribution in [2.75, 3.05) is 0 Å². The molecule has 0 aliphatic carbocycles. The maximum Gasteiger partial charge on any atom is 0.170 e. The molecule has 0 bridgehead atoms. The first kappa shape index (κ1) is 12.9. The van der Waals surface area contributed by atoms with Crippen LogP contribution < -0.4 is 4.74 Å². The van der Waals surface area contributed by atoms with Crippen molar-refractivity contribution in [1.82, 2.24) is 0 Å². The number of halogens is 1. The van der Waals surface area contributed by atoms with Gasteiger partial charge in [0, 0.05) is 0 Å². The number of carbonyl (C=O) groups excluding carboxylic acids is 1. The monoisotopic (exact) mass is 270 g/mol. The van der Waals surface area contributed by atoms with Gasteiger partial charge in [-0.1, -0.05) is 23.8 Å². The summed E-state index contributed by atoms with van der Waals surface area (Å²) < 4.78 is 19.1. The minimum Gasteiger partial charge on any atom is -0.484 e. The van der Waals surface area contributed by atoms with Crippen LogP contribution >= 0.6 is 0 Å². The molecule has 2 aromatic carbocycles. The predicted octanol–water partition coefficient (Wildman–Crippen LogP) is 4.15. The van der Waals surface area contributed by atoms with Crippen LogP contribution in [0.5, 0.6) is 5.75 Å². The van der Waals surface area contributed by atoms with Gasteiger partial charge in [0.1, 0.15) is 17.7 Å². The fraction of sp³-hybridized carbons (Fsp3) is 0.235. The number of carbonyl (C=O) groups is 1. The first-order valence-electron chi connectivity index (χ1n) is 6.61. The van der Waals surface area contributed by atoms with Gasteiger partial charge in [0.15, 0.2) is 5.78 Å². The summed E-state index contributed by atoms with van der Waals surface area (Å²) in [6.07, 6.45) is -0.0403. The molecule has 3 rings (SSSR count). The van der Waals surface area contributed by atoms with E-state index < -0.39 is 5.82 Å². The summed E-state index contributed by atoms with van der Waals surface area (Å²) in [5.74, 6) is -0.0194. The molecular formula is C17H15FO2. The lowest BCUT2D eigenvalue weighted by Gasteiger charge is -2.26. The summed E-state index contributed by atoms with van der Waals surface area (Å²) in [4.78, 5) is 12.2. The lowest BCUT2D eigenvalue weighted by molar-refractivity contribution is 0.0848. The van der Waals surface area contributed by atoms with Crippen molar-refractivity contribution in [3.63, 3.8) is 0 Å². The van der Waals surface area contributed by atoms with Gasteiger partial charge in [-0.2, -0.15) is 0 Å². The summed E-state index contributed by atoms with van der Waals surface area (Å²) in [6.45, 7) is 4.04. The van der Waals surface area contributed by atoms with Gasteiger partial charge < -0.3 is 4.74 Å². The molecule has 1 atom stereocenters. The van der Waals surface area contributed by atoms with Gasteiger partial charge >= 0.3 is 0 Å². The van der Waals surface area contributed by atoms with Crippen LogP contribution in [0.4, 0.5) is 4.39 Å². The normalized spacial score (nSPS) is 17.6. The third-order valence-electron chi connectivity index (χ3n) is 3.65. The molecule has 0 spiro atoms. The molecule has 0 saturated heterocycles. The van der Waals surface area contributed by atoms with E-state index in [0.29, 0.717) is 11.3 Å². The van der Waals surface area contributed by atoms with Crippen LogP contribution in [-0.4, -0.2) is 5.78 Å². The van der Waals surface area contributed by atoms with E-state index in [9.17, 15) is 9.18 Å². The fourth-order valence-corrected chi connectivity index (χ4v) is 2.66. The van der Waals surface area contributed by atoms with E-state index in [-0.39, 0.29) is 18.3 Å². The second-order valence-electron chi connectivity index (χ2n) is 5.23. The van der Waals surface area contributed by atoms with Gasteiger partial charge in [0.25, 0.3) is 0 Å². The predicted molar refractivity (Wildman–Crippen MR) is 74.6 cm³/mol. The van der Waals surface area contributed by atoms with Crippen LogP contribution in [0.2, 0.25) is 0 Å². The van der Waals surface area contributed by atoms with Crippen molar-refractivity contribution in [3.05, 3.63) is 64.5 Å². The molecule has 0 N–H and O–H groups in total. The molecule has 3 heteroatoms. The first-order valence-corrected chi connectivity index (χ1v) is 6.61. The number of ketones is 1. The molecule has 1 aliphatic heterocycles. The van der Waals surface area contributed by atoms with Crippen LogP contribution in [-0.2, 0) is 0 Å². The second-order valence-corrected chi connectivity index (χ2v) is 5.23. The van der Waals surface area contributed by atoms with Gasteiger partial charge in [0.05, 0.1) is 12.0 Å². The number of aryl methyl sites for hydroxylation is 2. The topological polar surface area (TPSA) is 26.3 Å². The Morgan fingerprint density at radius 3 is 2.70 bits per heavy atom. The van der Waals surface area contributed by atoms with Crippen LogP contribution in [0.1, 0.15) is 39.6 Å². The number of hydrogen-bond acceptors (Lipinski definition) is 2. The Hall–Kier alpha value is -2.16. The Morgan fingerprint density at radius 1 is 1.15 bits per heavy atom. The molecule has 0 radical (unpaired) electrons. The van der Waals surface area contributed by atoms with E-state index in [1.54, 1.807) is 0 Å². The highest BCUT2D eigenvalue weighted by molar-refractivity contribution is 6.00. The number of rotatable bonds is 1. The van der Waals surface area contributed by atoms with Gasteiger partial charge in [-0.3, -0.25) is 4.79 Å². The second kappa shape index (κ2) is 4.75. The fourth-order valence-electron chi connectivity index (χ4n) is 2.66. The number of hydrogen-bond donors (Lipinski definition) is 0. The molecule has 2 aromatic rings. The van der Waals surface area contributed by atoms with Gasteiger partial charge in [0.2, 0.25) is 0 Å². The molecule has 0 fully saturated rings. The highest BCUT2D eigenvalue weighted by Crippen LogP contribution is 2.36. The van der Waals surface area contributed by atoms with E-state index >= 15 is 0 Å². The Bertz CT molecular complexity index is 691. The Kier molecular flexibility index (Phi) is 3.05. The number of Topliss-reactive ketones (excluding diaryl/α,β-unsaturated/α-hetero) is 1. The zero-order valence-corrected chi connectivity index (χ0v) is 11.4. The van der Waals surface area contributed by atoms with Crippen molar-refractivity contribution in [1.29, 1.82) is 0 Å². The lowest BCUT2D eigenvalue weighted by atomic mass is 9.93. The Balaban J connectivity index is 1.99. The maximum atomic E-state index is 13.2. The highest BCUT2D eigenvalue weighted by Gasteiger charge is 2.28. The summed E-state index contributed by atoms with van der Waals surface area (Å²) in [5.41, 5.74) is 3.63. The number of ether oxygens (including phenoxy) is 1. The quantitative estimate of drug-likeness (QED) is 0.778. The molecule has 102 valence electrons. The molecular weight excluding hydrogens is 255 g/mol. The van der Waals surface area contributed by atoms with Crippen molar-refractivity contribution in [3.8, 4) is 5.75 Å². The van der Waals surface area contributed by atoms with Crippen molar-refractivity contribution < 1.29 is 13.9 Å². The van der Waals surface area contributed by atoms with Gasteiger partial charge in [-0.15, -0.1) is 0 Å². The maximum absolute atomic E-state index is 13.2. The van der Waals surface area contributed by atoms with Gasteiger partial charge in [-0.05, 0) is 43.2 Å². The highest BCUT2D eigenvalue weighted by atomic mass is 19.1. The summed E-state index contributed by atoms with van der Waals surface area (Å²) in [6, 6.07) is 10.2. The zero-order valence-electron chi connectivity index (χ0n) is 11.4. The first-order chi connectivity index (χ1) is 9.54. The van der Waals surface area contributed by atoms with E-state index in [0.717, 1.165) is 11.1 Å². The summed E-state index contributed by atoms with van der Waals surface area (Å²) in [7, 11) is 0. The Morgan fingerprint density at radius 2 is 1.95 bits per heavy atom. The third kappa shape index (κ3) is 2.20. The van der Waals surface area contributed by atoms with Crippen molar-refractivity contribution in [2.24, 2.45) is 0 Å². The van der Waals surface area contributed by atoms with Crippen LogP contribution in [0.15, 0.2) is 36.4 Å². The lowest BCUT2D eigenvalue weighted by Crippen LogP contribution is -2.21. The summed E-state index contributed by atoms with van der Waals surface area (Å²) in [5, 5.41) is 0. The molecule has 0 amide bonds. The molecule has 1 aliphatic rings. The van der Waals surface area contributed by atoms with Crippen LogP contribution in [0, 0.1) is 19.7 Å². The van der Waals surface area contributed by atoms with Crippen molar-refractivity contribution in [2.45, 2.75) is 26.4 Å². The minimum absolute atomic E-state index is 0.0734. The molecule has 0 aromatic heterocycles. The van der Waals surface area contributed by atoms with E-state index in [1.165, 1.54) is 23.8 Å². The zero-order chi connectivity index (χ0) is 14.3. The van der Waals surface area contributed by atoms with Crippen LogP contribution in [0.25, 0.3) is 0 Å². The van der Waals surface area contributed by atoms with Gasteiger partial charge in [-0.25, -0.2) is 4.39 Å². The molecule has 1 heterocycles. The molecule has 2 nitrogen and oxygen atoms in total. The smallest absolute Gasteiger partial charge is 0.170 e. The average molecular weight is 270 g/mol. The molecule has 1 unspecified atom stereocenters. The van der Waals surface area contributed by atoms with E-state index in [2.05, 4.69) is 6.07 Å². The SMILES string of the molecule is Cc1ccc(C2CC(=O)c3cc(F)ccc3O2)c(C)c1. The van der Waals surface area contributed by atoms with E-state index in [4.69, 9.17) is 4.74 Å². The van der Waals surface area contributed by atoms with E-state index in [1.807, 2.05) is 26.0 Å². The number of benzene rings is 2.